The summed E-state index contributed by atoms with van der Waals surface area (Å²) in [5, 5.41) is 4.29. The van der Waals surface area contributed by atoms with E-state index in [4.69, 9.17) is 0 Å². The van der Waals surface area contributed by atoms with Crippen LogP contribution in [0.25, 0.3) is 11.5 Å². The van der Waals surface area contributed by atoms with E-state index in [1.165, 1.54) is 17.7 Å². The van der Waals surface area contributed by atoms with Crippen LogP contribution in [0.2, 0.25) is 0 Å². The highest BCUT2D eigenvalue weighted by Gasteiger charge is 2.16. The summed E-state index contributed by atoms with van der Waals surface area (Å²) in [6.45, 7) is 1.55. The van der Waals surface area contributed by atoms with E-state index in [0.717, 1.165) is 0 Å². The largest absolute Gasteiger partial charge is 0.291 e. The summed E-state index contributed by atoms with van der Waals surface area (Å²) in [6.07, 6.45) is 1.63. The first-order chi connectivity index (χ1) is 10.6. The molecule has 5 nitrogen and oxygen atoms in total. The summed E-state index contributed by atoms with van der Waals surface area (Å²) in [6, 6.07) is 11.7. The molecule has 110 valence electrons. The zero-order valence-corrected chi connectivity index (χ0v) is 11.9. The van der Waals surface area contributed by atoms with Gasteiger partial charge in [0, 0.05) is 18.7 Å². The van der Waals surface area contributed by atoms with Gasteiger partial charge in [0.15, 0.2) is 17.4 Å². The van der Waals surface area contributed by atoms with Crippen LogP contribution in [0.4, 0.5) is 4.39 Å². The molecule has 3 aromatic rings. The van der Waals surface area contributed by atoms with Gasteiger partial charge in [-0.05, 0) is 18.2 Å². The van der Waals surface area contributed by atoms with Gasteiger partial charge in [0.05, 0.1) is 6.54 Å². The lowest BCUT2D eigenvalue weighted by atomic mass is 10.2. The number of hydrogen-bond acceptors (Lipinski definition) is 4. The van der Waals surface area contributed by atoms with Gasteiger partial charge in [-0.15, -0.1) is 5.10 Å². The fourth-order valence-electron chi connectivity index (χ4n) is 2.10. The molecule has 0 aliphatic heterocycles. The zero-order valence-electron chi connectivity index (χ0n) is 11.9. The van der Waals surface area contributed by atoms with Gasteiger partial charge in [0.2, 0.25) is 0 Å². The maximum absolute atomic E-state index is 13.8. The van der Waals surface area contributed by atoms with Gasteiger partial charge in [-0.25, -0.2) is 14.1 Å². The van der Waals surface area contributed by atoms with Crippen LogP contribution < -0.4 is 0 Å². The number of ketones is 1. The van der Waals surface area contributed by atoms with Crippen molar-refractivity contribution in [2.24, 2.45) is 0 Å². The second-order valence-electron chi connectivity index (χ2n) is 4.78. The molecule has 2 heterocycles. The third kappa shape index (κ3) is 2.76. The molecule has 2 aromatic heterocycles. The van der Waals surface area contributed by atoms with Crippen LogP contribution in [0.1, 0.15) is 23.1 Å². The second kappa shape index (κ2) is 5.85. The molecule has 0 aliphatic carbocycles. The van der Waals surface area contributed by atoms with Gasteiger partial charge in [-0.1, -0.05) is 24.3 Å². The summed E-state index contributed by atoms with van der Waals surface area (Å²) >= 11 is 0. The van der Waals surface area contributed by atoms with E-state index in [9.17, 15) is 9.18 Å². The lowest BCUT2D eigenvalue weighted by Gasteiger charge is -2.04. The SMILES string of the molecule is CC(=O)c1nc(-c2ccccn2)nn1Cc1ccccc1F. The van der Waals surface area contributed by atoms with Gasteiger partial charge < -0.3 is 0 Å². The molecule has 0 radical (unpaired) electrons. The van der Waals surface area contributed by atoms with E-state index in [0.29, 0.717) is 17.1 Å². The minimum atomic E-state index is -0.341. The minimum absolute atomic E-state index is 0.140. The van der Waals surface area contributed by atoms with Gasteiger partial charge >= 0.3 is 0 Å². The molecule has 0 N–H and O–H groups in total. The number of aromatic nitrogens is 4. The normalized spacial score (nSPS) is 10.6. The Balaban J connectivity index is 2.02. The van der Waals surface area contributed by atoms with Crippen molar-refractivity contribution in [3.8, 4) is 11.5 Å². The molecule has 1 aromatic carbocycles. The lowest BCUT2D eigenvalue weighted by Crippen LogP contribution is -2.11. The number of benzene rings is 1. The first kappa shape index (κ1) is 14.1. The third-order valence-electron chi connectivity index (χ3n) is 3.16. The van der Waals surface area contributed by atoms with Gasteiger partial charge in [-0.3, -0.25) is 9.78 Å². The van der Waals surface area contributed by atoms with Crippen molar-refractivity contribution >= 4 is 5.78 Å². The maximum atomic E-state index is 13.8. The number of carbonyl (C=O) groups is 1. The minimum Gasteiger partial charge on any atom is -0.291 e. The third-order valence-corrected chi connectivity index (χ3v) is 3.16. The van der Waals surface area contributed by atoms with Crippen LogP contribution in [0.5, 0.6) is 0 Å². The van der Waals surface area contributed by atoms with Crippen molar-refractivity contribution in [3.63, 3.8) is 0 Å². The van der Waals surface area contributed by atoms with Crippen molar-refractivity contribution in [1.29, 1.82) is 0 Å². The summed E-state index contributed by atoms with van der Waals surface area (Å²) < 4.78 is 15.2. The predicted octanol–water partition coefficient (Wildman–Crippen LogP) is 2.73. The first-order valence-corrected chi connectivity index (χ1v) is 6.76. The second-order valence-corrected chi connectivity index (χ2v) is 4.78. The Bertz CT molecular complexity index is 814. The van der Waals surface area contributed by atoms with E-state index in [1.807, 2.05) is 6.07 Å². The van der Waals surface area contributed by atoms with Crippen LogP contribution in [-0.2, 0) is 6.54 Å². The Morgan fingerprint density at radius 2 is 1.95 bits per heavy atom. The summed E-state index contributed by atoms with van der Waals surface area (Å²) in [5.74, 6) is -0.0380. The topological polar surface area (TPSA) is 60.7 Å². The Labute approximate surface area is 126 Å². The van der Waals surface area contributed by atoms with Crippen LogP contribution in [0.3, 0.4) is 0 Å². The molecular weight excluding hydrogens is 283 g/mol. The summed E-state index contributed by atoms with van der Waals surface area (Å²) in [4.78, 5) is 20.1. The Morgan fingerprint density at radius 1 is 1.18 bits per heavy atom. The number of Topliss-reactive ketones (excluding diaryl/α,β-unsaturated/α-hetero) is 1. The molecule has 0 saturated heterocycles. The molecule has 0 aliphatic rings. The smallest absolute Gasteiger partial charge is 0.200 e. The number of halogens is 1. The standard InChI is InChI=1S/C16H13FN4O/c1-11(22)16-19-15(14-8-4-5-9-18-14)20-21(16)10-12-6-2-3-7-13(12)17/h2-9H,10H2,1H3. The van der Waals surface area contributed by atoms with Crippen LogP contribution in [0, 0.1) is 5.82 Å². The Hall–Kier alpha value is -2.89. The highest BCUT2D eigenvalue weighted by molar-refractivity contribution is 5.90. The zero-order chi connectivity index (χ0) is 15.5. The Morgan fingerprint density at radius 3 is 2.64 bits per heavy atom. The van der Waals surface area contributed by atoms with Gasteiger partial charge in [-0.2, -0.15) is 0 Å². The molecule has 0 amide bonds. The molecule has 22 heavy (non-hydrogen) atoms. The fourth-order valence-corrected chi connectivity index (χ4v) is 2.10. The first-order valence-electron chi connectivity index (χ1n) is 6.76. The van der Waals surface area contributed by atoms with Crippen LogP contribution >= 0.6 is 0 Å². The molecule has 0 bridgehead atoms. The van der Waals surface area contributed by atoms with E-state index >= 15 is 0 Å². The average molecular weight is 296 g/mol. The highest BCUT2D eigenvalue weighted by Crippen LogP contribution is 2.15. The highest BCUT2D eigenvalue weighted by atomic mass is 19.1. The molecule has 0 atom stereocenters. The van der Waals surface area contributed by atoms with E-state index in [-0.39, 0.29) is 24.0 Å². The average Bonchev–Trinajstić information content (AvgIpc) is 2.95. The maximum Gasteiger partial charge on any atom is 0.200 e. The lowest BCUT2D eigenvalue weighted by molar-refractivity contribution is 0.0998. The van der Waals surface area contributed by atoms with Crippen molar-refractivity contribution in [3.05, 3.63) is 65.9 Å². The molecule has 0 fully saturated rings. The molecule has 0 saturated carbocycles. The van der Waals surface area contributed by atoms with Crippen molar-refractivity contribution in [2.45, 2.75) is 13.5 Å². The molecule has 0 unspecified atom stereocenters. The van der Waals surface area contributed by atoms with E-state index in [2.05, 4.69) is 15.1 Å². The van der Waals surface area contributed by atoms with Crippen molar-refractivity contribution in [1.82, 2.24) is 19.7 Å². The van der Waals surface area contributed by atoms with Crippen LogP contribution in [-0.4, -0.2) is 25.5 Å². The van der Waals surface area contributed by atoms with E-state index < -0.39 is 0 Å². The number of rotatable bonds is 4. The number of hydrogen-bond donors (Lipinski definition) is 0. The molecule has 3 rings (SSSR count). The predicted molar refractivity (Wildman–Crippen MR) is 78.8 cm³/mol. The number of nitrogens with zero attached hydrogens (tertiary/aromatic N) is 4. The molecule has 0 spiro atoms. The van der Waals surface area contributed by atoms with E-state index in [1.54, 1.807) is 36.5 Å². The number of carbonyl (C=O) groups excluding carboxylic acids is 1. The quantitative estimate of drug-likeness (QED) is 0.695. The molecular formula is C16H13FN4O. The van der Waals surface area contributed by atoms with Gasteiger partial charge in [0.1, 0.15) is 11.5 Å². The molecule has 6 heteroatoms. The number of pyridine rings is 1. The van der Waals surface area contributed by atoms with Crippen molar-refractivity contribution in [2.75, 3.05) is 0 Å². The van der Waals surface area contributed by atoms with Crippen LogP contribution in [0.15, 0.2) is 48.7 Å². The Kier molecular flexibility index (Phi) is 3.74. The summed E-state index contributed by atoms with van der Waals surface area (Å²) in [7, 11) is 0. The fraction of sp³-hybridized carbons (Fsp3) is 0.125. The van der Waals surface area contributed by atoms with Crippen molar-refractivity contribution < 1.29 is 9.18 Å². The summed E-state index contributed by atoms with van der Waals surface area (Å²) in [5.41, 5.74) is 1.01. The van der Waals surface area contributed by atoms with Gasteiger partial charge in [0.25, 0.3) is 0 Å². The monoisotopic (exact) mass is 296 g/mol.